The average Bonchev–Trinajstić information content (AvgIpc) is 2.83. The lowest BCUT2D eigenvalue weighted by molar-refractivity contribution is 0.252. The summed E-state index contributed by atoms with van der Waals surface area (Å²) in [6.07, 6.45) is 2.00. The first-order chi connectivity index (χ1) is 11.0. The van der Waals surface area contributed by atoms with Crippen LogP contribution < -0.4 is 10.6 Å². The van der Waals surface area contributed by atoms with E-state index in [1.807, 2.05) is 25.1 Å². The molecule has 0 saturated carbocycles. The van der Waals surface area contributed by atoms with Gasteiger partial charge in [-0.3, -0.25) is 10.00 Å². The second-order valence-electron chi connectivity index (χ2n) is 5.31. The number of amides is 2. The van der Waals surface area contributed by atoms with E-state index in [1.165, 1.54) is 0 Å². The highest BCUT2D eigenvalue weighted by atomic mass is 35.5. The minimum atomic E-state index is -0.238. The van der Waals surface area contributed by atoms with Gasteiger partial charge in [-0.25, -0.2) is 4.79 Å². The van der Waals surface area contributed by atoms with Gasteiger partial charge in [0.15, 0.2) is 5.82 Å². The molecule has 0 radical (unpaired) electrons. The summed E-state index contributed by atoms with van der Waals surface area (Å²) in [5.41, 5.74) is 1.93. The molecule has 0 aliphatic carbocycles. The number of hydrogen-bond donors (Lipinski definition) is 2. The number of hydrogen-bond acceptors (Lipinski definition) is 2. The quantitative estimate of drug-likeness (QED) is 0.751. The Bertz CT molecular complexity index is 685. The number of nitrogens with one attached hydrogen (secondary N) is 2. The lowest BCUT2D eigenvalue weighted by atomic mass is 10.2. The number of rotatable bonds is 6. The first-order valence-electron chi connectivity index (χ1n) is 7.53. The minimum absolute atomic E-state index is 0.238. The molecule has 0 spiro atoms. The molecule has 1 aromatic carbocycles. The maximum atomic E-state index is 11.7. The number of halogens is 2. The van der Waals surface area contributed by atoms with Crippen molar-refractivity contribution < 1.29 is 4.79 Å². The summed E-state index contributed by atoms with van der Waals surface area (Å²) in [5, 5.41) is 11.0. The molecule has 124 valence electrons. The van der Waals surface area contributed by atoms with Crippen molar-refractivity contribution in [3.63, 3.8) is 0 Å². The van der Waals surface area contributed by atoms with Crippen LogP contribution in [0, 0.1) is 6.92 Å². The van der Waals surface area contributed by atoms with Gasteiger partial charge < -0.3 is 5.32 Å². The normalized spacial score (nSPS) is 10.6. The Morgan fingerprint density at radius 1 is 1.26 bits per heavy atom. The van der Waals surface area contributed by atoms with Crippen molar-refractivity contribution >= 4 is 35.1 Å². The van der Waals surface area contributed by atoms with Crippen LogP contribution in [0.1, 0.15) is 31.0 Å². The molecule has 0 fully saturated rings. The summed E-state index contributed by atoms with van der Waals surface area (Å²) in [5.74, 6) is 0.525. The van der Waals surface area contributed by atoms with Crippen LogP contribution in [0.5, 0.6) is 0 Å². The largest absolute Gasteiger partial charge is 0.338 e. The Labute approximate surface area is 146 Å². The Morgan fingerprint density at radius 2 is 2.04 bits per heavy atom. The zero-order chi connectivity index (χ0) is 16.8. The third-order valence-corrected chi connectivity index (χ3v) is 4.09. The van der Waals surface area contributed by atoms with Crippen LogP contribution in [0.2, 0.25) is 10.0 Å². The first-order valence-corrected chi connectivity index (χ1v) is 8.28. The molecule has 2 amide bonds. The van der Waals surface area contributed by atoms with Gasteiger partial charge in [0.1, 0.15) is 0 Å². The van der Waals surface area contributed by atoms with Crippen molar-refractivity contribution in [1.29, 1.82) is 0 Å². The van der Waals surface area contributed by atoms with Gasteiger partial charge in [0, 0.05) is 18.3 Å². The minimum Gasteiger partial charge on any atom is -0.338 e. The molecule has 2 N–H and O–H groups in total. The lowest BCUT2D eigenvalue weighted by Crippen LogP contribution is -2.29. The zero-order valence-corrected chi connectivity index (χ0v) is 14.7. The predicted molar refractivity (Wildman–Crippen MR) is 94.5 cm³/mol. The van der Waals surface area contributed by atoms with E-state index in [0.29, 0.717) is 29.0 Å². The number of aromatic nitrogens is 2. The maximum absolute atomic E-state index is 11.7. The molecule has 0 atom stereocenters. The van der Waals surface area contributed by atoms with Gasteiger partial charge in [-0.15, -0.1) is 0 Å². The smallest absolute Gasteiger partial charge is 0.320 e. The van der Waals surface area contributed by atoms with Crippen molar-refractivity contribution in [2.75, 3.05) is 11.9 Å². The number of carbonyl (C=O) groups is 1. The molecule has 23 heavy (non-hydrogen) atoms. The van der Waals surface area contributed by atoms with Gasteiger partial charge in [0.05, 0.1) is 16.6 Å². The fourth-order valence-electron chi connectivity index (χ4n) is 2.08. The van der Waals surface area contributed by atoms with Gasteiger partial charge in [-0.05, 0) is 31.0 Å². The second-order valence-corrected chi connectivity index (χ2v) is 6.13. The summed E-state index contributed by atoms with van der Waals surface area (Å²) in [6.45, 7) is 5.23. The monoisotopic (exact) mass is 354 g/mol. The molecule has 1 aromatic heterocycles. The SMILES string of the molecule is CCCCNC(=O)Nc1cc(C)n(Cc2ccc(Cl)c(Cl)c2)n1. The van der Waals surface area contributed by atoms with Crippen LogP contribution >= 0.6 is 23.2 Å². The first kappa shape index (κ1) is 17.6. The van der Waals surface area contributed by atoms with Gasteiger partial charge in [-0.1, -0.05) is 42.6 Å². The number of anilines is 1. The summed E-state index contributed by atoms with van der Waals surface area (Å²) >= 11 is 11.9. The number of unbranched alkanes of at least 4 members (excludes halogenated alkanes) is 1. The third kappa shape index (κ3) is 5.15. The van der Waals surface area contributed by atoms with Gasteiger partial charge >= 0.3 is 6.03 Å². The fraction of sp³-hybridized carbons (Fsp3) is 0.375. The highest BCUT2D eigenvalue weighted by Crippen LogP contribution is 2.23. The van der Waals surface area contributed by atoms with Crippen molar-refractivity contribution in [2.24, 2.45) is 0 Å². The third-order valence-electron chi connectivity index (χ3n) is 3.36. The predicted octanol–water partition coefficient (Wildman–Crippen LogP) is 4.47. The standard InChI is InChI=1S/C16H20Cl2N4O/c1-3-4-7-19-16(23)20-15-8-11(2)22(21-15)10-12-5-6-13(17)14(18)9-12/h5-6,8-9H,3-4,7,10H2,1-2H3,(H2,19,20,21,23). The van der Waals surface area contributed by atoms with Crippen LogP contribution in [-0.2, 0) is 6.54 Å². The molecule has 0 saturated heterocycles. The number of carbonyl (C=O) groups excluding carboxylic acids is 1. The van der Waals surface area contributed by atoms with E-state index < -0.39 is 0 Å². The maximum Gasteiger partial charge on any atom is 0.320 e. The molecule has 0 aliphatic heterocycles. The molecule has 5 nitrogen and oxygen atoms in total. The fourth-order valence-corrected chi connectivity index (χ4v) is 2.40. The van der Waals surface area contributed by atoms with Crippen LogP contribution in [-0.4, -0.2) is 22.4 Å². The van der Waals surface area contributed by atoms with E-state index in [4.69, 9.17) is 23.2 Å². The van der Waals surface area contributed by atoms with Gasteiger partial charge in [0.2, 0.25) is 0 Å². The van der Waals surface area contributed by atoms with E-state index >= 15 is 0 Å². The molecule has 0 bridgehead atoms. The molecule has 0 aliphatic rings. The second kappa shape index (κ2) is 8.22. The summed E-state index contributed by atoms with van der Waals surface area (Å²) in [4.78, 5) is 11.7. The van der Waals surface area contributed by atoms with Crippen LogP contribution in [0.3, 0.4) is 0 Å². The summed E-state index contributed by atoms with van der Waals surface area (Å²) in [7, 11) is 0. The van der Waals surface area contributed by atoms with Crippen LogP contribution in [0.15, 0.2) is 24.3 Å². The van der Waals surface area contributed by atoms with Crippen molar-refractivity contribution in [3.05, 3.63) is 45.6 Å². The zero-order valence-electron chi connectivity index (χ0n) is 13.2. The van der Waals surface area contributed by atoms with Crippen molar-refractivity contribution in [1.82, 2.24) is 15.1 Å². The molecule has 0 unspecified atom stereocenters. The molecule has 2 aromatic rings. The van der Waals surface area contributed by atoms with E-state index in [0.717, 1.165) is 24.1 Å². The molecular formula is C16H20Cl2N4O. The highest BCUT2D eigenvalue weighted by Gasteiger charge is 2.09. The molecule has 2 rings (SSSR count). The average molecular weight is 355 g/mol. The van der Waals surface area contributed by atoms with Gasteiger partial charge in [0.25, 0.3) is 0 Å². The topological polar surface area (TPSA) is 59.0 Å². The molecule has 1 heterocycles. The van der Waals surface area contributed by atoms with Crippen LogP contribution in [0.25, 0.3) is 0 Å². The van der Waals surface area contributed by atoms with Crippen molar-refractivity contribution in [3.8, 4) is 0 Å². The summed E-state index contributed by atoms with van der Waals surface area (Å²) in [6, 6.07) is 7.07. The van der Waals surface area contributed by atoms with Crippen LogP contribution in [0.4, 0.5) is 10.6 Å². The Kier molecular flexibility index (Phi) is 6.30. The Balaban J connectivity index is 2.00. The Morgan fingerprint density at radius 3 is 2.74 bits per heavy atom. The van der Waals surface area contributed by atoms with E-state index in [1.54, 1.807) is 10.7 Å². The Hall–Kier alpha value is -1.72. The molecule has 7 heteroatoms. The van der Waals surface area contributed by atoms with Gasteiger partial charge in [-0.2, -0.15) is 5.10 Å². The van der Waals surface area contributed by atoms with Crippen molar-refractivity contribution in [2.45, 2.75) is 33.2 Å². The number of benzene rings is 1. The number of nitrogens with zero attached hydrogens (tertiary/aromatic N) is 2. The molecular weight excluding hydrogens is 335 g/mol. The highest BCUT2D eigenvalue weighted by molar-refractivity contribution is 6.42. The number of aryl methyl sites for hydroxylation is 1. The summed E-state index contributed by atoms with van der Waals surface area (Å²) < 4.78 is 1.81. The number of urea groups is 1. The lowest BCUT2D eigenvalue weighted by Gasteiger charge is -2.06. The van der Waals surface area contributed by atoms with E-state index in [-0.39, 0.29) is 6.03 Å². The van der Waals surface area contributed by atoms with E-state index in [2.05, 4.69) is 22.7 Å². The van der Waals surface area contributed by atoms with E-state index in [9.17, 15) is 4.79 Å².